The van der Waals surface area contributed by atoms with Gasteiger partial charge in [-0.1, -0.05) is 13.8 Å². The molecule has 2 nitrogen and oxygen atoms in total. The third-order valence-corrected chi connectivity index (χ3v) is 4.50. The molecule has 0 saturated carbocycles. The SMILES string of the molecule is CCC(CC)(CS)CN(C)C(C)(C)CO. The fraction of sp³-hybridized carbons (Fsp3) is 1.00. The topological polar surface area (TPSA) is 23.5 Å². The lowest BCUT2D eigenvalue weighted by atomic mass is 9.83. The van der Waals surface area contributed by atoms with Gasteiger partial charge >= 0.3 is 0 Å². The summed E-state index contributed by atoms with van der Waals surface area (Å²) in [6.07, 6.45) is 2.28. The van der Waals surface area contributed by atoms with E-state index in [-0.39, 0.29) is 17.6 Å². The molecule has 0 unspecified atom stereocenters. The highest BCUT2D eigenvalue weighted by molar-refractivity contribution is 7.80. The molecule has 0 spiro atoms. The zero-order chi connectivity index (χ0) is 12.1. The largest absolute Gasteiger partial charge is 0.394 e. The van der Waals surface area contributed by atoms with Crippen molar-refractivity contribution in [1.82, 2.24) is 4.90 Å². The quantitative estimate of drug-likeness (QED) is 0.660. The van der Waals surface area contributed by atoms with Crippen LogP contribution in [0.4, 0.5) is 0 Å². The molecule has 0 amide bonds. The van der Waals surface area contributed by atoms with Gasteiger partial charge in [-0.15, -0.1) is 0 Å². The Balaban J connectivity index is 4.54. The van der Waals surface area contributed by atoms with E-state index in [2.05, 4.69) is 52.3 Å². The molecule has 0 aliphatic rings. The first-order valence-corrected chi connectivity index (χ1v) is 6.43. The molecule has 0 radical (unpaired) electrons. The summed E-state index contributed by atoms with van der Waals surface area (Å²) < 4.78 is 0. The molecule has 0 atom stereocenters. The Morgan fingerprint density at radius 1 is 1.20 bits per heavy atom. The maximum absolute atomic E-state index is 9.32. The van der Waals surface area contributed by atoms with Gasteiger partial charge in [0, 0.05) is 12.1 Å². The van der Waals surface area contributed by atoms with Crippen LogP contribution in [0.2, 0.25) is 0 Å². The van der Waals surface area contributed by atoms with Crippen molar-refractivity contribution in [3.05, 3.63) is 0 Å². The number of likely N-dealkylation sites (N-methyl/N-ethyl adjacent to an activating group) is 1. The molecule has 0 aromatic carbocycles. The molecule has 0 saturated heterocycles. The van der Waals surface area contributed by atoms with Gasteiger partial charge < -0.3 is 5.11 Å². The number of hydrogen-bond donors (Lipinski definition) is 2. The Morgan fingerprint density at radius 3 is 1.93 bits per heavy atom. The molecule has 0 heterocycles. The van der Waals surface area contributed by atoms with E-state index in [1.807, 2.05) is 0 Å². The van der Waals surface area contributed by atoms with E-state index < -0.39 is 0 Å². The van der Waals surface area contributed by atoms with Crippen molar-refractivity contribution in [3.63, 3.8) is 0 Å². The second-order valence-corrected chi connectivity index (χ2v) is 5.51. The normalized spacial score (nSPS) is 13.6. The maximum atomic E-state index is 9.32. The van der Waals surface area contributed by atoms with Gasteiger partial charge in [-0.3, -0.25) is 4.90 Å². The molecule has 3 heteroatoms. The molecule has 0 bridgehead atoms. The molecule has 0 aliphatic carbocycles. The number of aliphatic hydroxyl groups is 1. The highest BCUT2D eigenvalue weighted by Crippen LogP contribution is 2.30. The number of thiol groups is 1. The van der Waals surface area contributed by atoms with Gasteiger partial charge in [0.1, 0.15) is 0 Å². The van der Waals surface area contributed by atoms with Gasteiger partial charge in [-0.25, -0.2) is 0 Å². The number of hydrogen-bond acceptors (Lipinski definition) is 3. The van der Waals surface area contributed by atoms with Gasteiger partial charge in [-0.2, -0.15) is 12.6 Å². The summed E-state index contributed by atoms with van der Waals surface area (Å²) in [4.78, 5) is 2.25. The van der Waals surface area contributed by atoms with Gasteiger partial charge in [-0.05, 0) is 44.9 Å². The Bertz CT molecular complexity index is 170. The minimum absolute atomic E-state index is 0.140. The van der Waals surface area contributed by atoms with E-state index in [1.165, 1.54) is 0 Å². The summed E-state index contributed by atoms with van der Waals surface area (Å²) in [5.41, 5.74) is 0.142. The lowest BCUT2D eigenvalue weighted by Crippen LogP contribution is -2.49. The lowest BCUT2D eigenvalue weighted by Gasteiger charge is -2.41. The van der Waals surface area contributed by atoms with Crippen LogP contribution < -0.4 is 0 Å². The van der Waals surface area contributed by atoms with E-state index in [1.54, 1.807) is 0 Å². The minimum atomic E-state index is -0.140. The minimum Gasteiger partial charge on any atom is -0.394 e. The van der Waals surface area contributed by atoms with Crippen molar-refractivity contribution < 1.29 is 5.11 Å². The van der Waals surface area contributed by atoms with Crippen LogP contribution >= 0.6 is 12.6 Å². The summed E-state index contributed by atoms with van der Waals surface area (Å²) in [5.74, 6) is 0.909. The first-order valence-electron chi connectivity index (χ1n) is 5.80. The Labute approximate surface area is 100 Å². The van der Waals surface area contributed by atoms with E-state index in [9.17, 15) is 5.11 Å². The van der Waals surface area contributed by atoms with Gasteiger partial charge in [0.25, 0.3) is 0 Å². The zero-order valence-electron chi connectivity index (χ0n) is 10.9. The predicted octanol–water partition coefficient (Wildman–Crippen LogP) is 2.43. The number of aliphatic hydroxyl groups excluding tert-OH is 1. The Hall–Kier alpha value is 0.270. The van der Waals surface area contributed by atoms with Gasteiger partial charge in [0.05, 0.1) is 6.61 Å². The molecule has 0 aliphatic heterocycles. The first kappa shape index (κ1) is 15.3. The third kappa shape index (κ3) is 3.97. The van der Waals surface area contributed by atoms with Crippen molar-refractivity contribution in [2.45, 2.75) is 46.1 Å². The fourth-order valence-electron chi connectivity index (χ4n) is 1.59. The van der Waals surface area contributed by atoms with Crippen molar-refractivity contribution in [3.8, 4) is 0 Å². The summed E-state index contributed by atoms with van der Waals surface area (Å²) >= 11 is 4.47. The lowest BCUT2D eigenvalue weighted by molar-refractivity contribution is 0.0443. The van der Waals surface area contributed by atoms with Crippen molar-refractivity contribution in [2.75, 3.05) is 26.0 Å². The van der Waals surface area contributed by atoms with Gasteiger partial charge in [0.2, 0.25) is 0 Å². The third-order valence-electron chi connectivity index (χ3n) is 3.83. The maximum Gasteiger partial charge on any atom is 0.0609 e. The number of nitrogens with zero attached hydrogens (tertiary/aromatic N) is 1. The molecular formula is C12H27NOS. The van der Waals surface area contributed by atoms with E-state index in [0.717, 1.165) is 25.1 Å². The van der Waals surface area contributed by atoms with Crippen LogP contribution in [0.15, 0.2) is 0 Å². The highest BCUT2D eigenvalue weighted by Gasteiger charge is 2.31. The fourth-order valence-corrected chi connectivity index (χ4v) is 2.13. The van der Waals surface area contributed by atoms with Crippen molar-refractivity contribution >= 4 is 12.6 Å². The van der Waals surface area contributed by atoms with Crippen LogP contribution in [0.5, 0.6) is 0 Å². The summed E-state index contributed by atoms with van der Waals surface area (Å²) in [7, 11) is 2.08. The molecule has 0 aromatic rings. The van der Waals surface area contributed by atoms with Crippen LogP contribution in [0, 0.1) is 5.41 Å². The zero-order valence-corrected chi connectivity index (χ0v) is 11.8. The summed E-state index contributed by atoms with van der Waals surface area (Å²) in [6.45, 7) is 9.78. The van der Waals surface area contributed by atoms with Crippen LogP contribution in [0.25, 0.3) is 0 Å². The van der Waals surface area contributed by atoms with Crippen LogP contribution in [0.1, 0.15) is 40.5 Å². The Kier molecular flexibility index (Phi) is 6.23. The first-order chi connectivity index (χ1) is 6.87. The van der Waals surface area contributed by atoms with Crippen molar-refractivity contribution in [1.29, 1.82) is 0 Å². The second-order valence-electron chi connectivity index (χ2n) is 5.19. The van der Waals surface area contributed by atoms with E-state index in [4.69, 9.17) is 0 Å². The average molecular weight is 233 g/mol. The van der Waals surface area contributed by atoms with Crippen LogP contribution in [0.3, 0.4) is 0 Å². The molecule has 0 rings (SSSR count). The van der Waals surface area contributed by atoms with Crippen LogP contribution in [-0.2, 0) is 0 Å². The molecule has 0 aromatic heterocycles. The van der Waals surface area contributed by atoms with Crippen molar-refractivity contribution in [2.24, 2.45) is 5.41 Å². The standard InChI is InChI=1S/C12H27NOS/c1-6-12(7-2,10-15)8-13(5)11(3,4)9-14/h14-15H,6-10H2,1-5H3. The molecule has 92 valence electrons. The summed E-state index contributed by atoms with van der Waals surface area (Å²) in [5, 5.41) is 9.32. The van der Waals surface area contributed by atoms with E-state index >= 15 is 0 Å². The molecule has 1 N–H and O–H groups in total. The predicted molar refractivity (Wildman–Crippen MR) is 70.7 cm³/mol. The molecule has 15 heavy (non-hydrogen) atoms. The van der Waals surface area contributed by atoms with Crippen LogP contribution in [-0.4, -0.2) is 41.5 Å². The molecule has 0 fully saturated rings. The highest BCUT2D eigenvalue weighted by atomic mass is 32.1. The monoisotopic (exact) mass is 233 g/mol. The molecular weight excluding hydrogens is 206 g/mol. The van der Waals surface area contributed by atoms with E-state index in [0.29, 0.717) is 0 Å². The van der Waals surface area contributed by atoms with Gasteiger partial charge in [0.15, 0.2) is 0 Å². The Morgan fingerprint density at radius 2 is 1.67 bits per heavy atom. The summed E-state index contributed by atoms with van der Waals surface area (Å²) in [6, 6.07) is 0. The smallest absolute Gasteiger partial charge is 0.0609 e. The number of rotatable bonds is 7. The average Bonchev–Trinajstić information content (AvgIpc) is 2.25. The second kappa shape index (κ2) is 6.12.